The molecule has 4 heteroatoms. The normalized spacial score (nSPS) is 9.79. The second-order valence-corrected chi connectivity index (χ2v) is 3.69. The van der Waals surface area contributed by atoms with Crippen molar-refractivity contribution < 1.29 is 4.74 Å². The molecule has 1 aromatic heterocycles. The minimum absolute atomic E-state index is 0.586. The summed E-state index contributed by atoms with van der Waals surface area (Å²) in [5, 5.41) is 0. The second kappa shape index (κ2) is 5.65. The fourth-order valence-corrected chi connectivity index (χ4v) is 1.42. The first-order valence-electron chi connectivity index (χ1n) is 4.38. The number of allylic oxidation sites excluding steroid dienone is 1. The number of ether oxygens (including phenoxy) is 1. The van der Waals surface area contributed by atoms with Crippen LogP contribution in [0.4, 0.5) is 5.69 Å². The van der Waals surface area contributed by atoms with E-state index < -0.39 is 0 Å². The molecule has 0 atom stereocenters. The molecule has 0 amide bonds. The average Bonchev–Trinajstić information content (AvgIpc) is 2.15. The number of unbranched alkanes of at least 4 members (excludes halogenated alkanes) is 1. The largest absolute Gasteiger partial charge is 0.477 e. The van der Waals surface area contributed by atoms with Gasteiger partial charge >= 0.3 is 0 Å². The summed E-state index contributed by atoms with van der Waals surface area (Å²) in [6.07, 6.45) is 5.34. The van der Waals surface area contributed by atoms with Crippen molar-refractivity contribution in [2.75, 3.05) is 12.3 Å². The topological polar surface area (TPSA) is 48.1 Å². The number of nitrogen functional groups attached to an aromatic ring is 1. The van der Waals surface area contributed by atoms with Crippen molar-refractivity contribution in [3.8, 4) is 5.88 Å². The van der Waals surface area contributed by atoms with Crippen molar-refractivity contribution in [1.29, 1.82) is 0 Å². The monoisotopic (exact) mass is 256 g/mol. The molecule has 76 valence electrons. The van der Waals surface area contributed by atoms with Gasteiger partial charge in [-0.3, -0.25) is 0 Å². The van der Waals surface area contributed by atoms with E-state index in [4.69, 9.17) is 10.5 Å². The molecule has 1 aromatic rings. The molecule has 2 N–H and O–H groups in total. The van der Waals surface area contributed by atoms with Gasteiger partial charge in [-0.05, 0) is 34.8 Å². The molecule has 0 aliphatic rings. The van der Waals surface area contributed by atoms with Crippen LogP contribution in [0, 0.1) is 0 Å². The Balaban J connectivity index is 2.46. The Kier molecular flexibility index (Phi) is 4.46. The van der Waals surface area contributed by atoms with Gasteiger partial charge in [-0.15, -0.1) is 6.58 Å². The van der Waals surface area contributed by atoms with Gasteiger partial charge in [0.25, 0.3) is 0 Å². The van der Waals surface area contributed by atoms with Crippen molar-refractivity contribution >= 4 is 21.6 Å². The van der Waals surface area contributed by atoms with Crippen LogP contribution in [0.25, 0.3) is 0 Å². The Hall–Kier alpha value is -1.03. The van der Waals surface area contributed by atoms with Gasteiger partial charge in [-0.1, -0.05) is 6.08 Å². The van der Waals surface area contributed by atoms with Crippen LogP contribution in [0.2, 0.25) is 0 Å². The number of anilines is 1. The van der Waals surface area contributed by atoms with Crippen molar-refractivity contribution in [2.45, 2.75) is 12.8 Å². The predicted molar refractivity (Wildman–Crippen MR) is 61.3 cm³/mol. The summed E-state index contributed by atoms with van der Waals surface area (Å²) in [4.78, 5) is 4.06. The summed E-state index contributed by atoms with van der Waals surface area (Å²) >= 11 is 3.33. The fraction of sp³-hybridized carbons (Fsp3) is 0.300. The Morgan fingerprint density at radius 3 is 3.07 bits per heavy atom. The van der Waals surface area contributed by atoms with Gasteiger partial charge in [0, 0.05) is 0 Å². The van der Waals surface area contributed by atoms with E-state index in [1.165, 1.54) is 0 Å². The van der Waals surface area contributed by atoms with E-state index in [2.05, 4.69) is 27.5 Å². The van der Waals surface area contributed by atoms with Gasteiger partial charge in [0.15, 0.2) is 0 Å². The van der Waals surface area contributed by atoms with Crippen molar-refractivity contribution in [1.82, 2.24) is 4.98 Å². The zero-order valence-corrected chi connectivity index (χ0v) is 9.46. The molecule has 0 radical (unpaired) electrons. The molecule has 0 saturated heterocycles. The SMILES string of the molecule is C=CCCCOc1ncc(N)cc1Br. The van der Waals surface area contributed by atoms with Crippen LogP contribution in [-0.4, -0.2) is 11.6 Å². The van der Waals surface area contributed by atoms with Crippen molar-refractivity contribution in [3.05, 3.63) is 29.4 Å². The Bertz CT molecular complexity index is 315. The molecule has 0 aliphatic carbocycles. The van der Waals surface area contributed by atoms with Crippen LogP contribution in [0.5, 0.6) is 5.88 Å². The molecule has 0 bridgehead atoms. The summed E-state index contributed by atoms with van der Waals surface area (Å²) in [5.74, 6) is 0.586. The van der Waals surface area contributed by atoms with Crippen LogP contribution in [0.15, 0.2) is 29.4 Å². The molecule has 0 spiro atoms. The smallest absolute Gasteiger partial charge is 0.228 e. The van der Waals surface area contributed by atoms with Crippen LogP contribution in [-0.2, 0) is 0 Å². The summed E-state index contributed by atoms with van der Waals surface area (Å²) in [6.45, 7) is 4.28. The van der Waals surface area contributed by atoms with Gasteiger partial charge < -0.3 is 10.5 Å². The maximum absolute atomic E-state index is 5.54. The van der Waals surface area contributed by atoms with Crippen LogP contribution < -0.4 is 10.5 Å². The maximum atomic E-state index is 5.54. The lowest BCUT2D eigenvalue weighted by atomic mass is 10.3. The first-order chi connectivity index (χ1) is 6.74. The molecule has 0 saturated carbocycles. The molecular formula is C10H13BrN2O. The first-order valence-corrected chi connectivity index (χ1v) is 5.18. The Morgan fingerprint density at radius 2 is 2.43 bits per heavy atom. The van der Waals surface area contributed by atoms with Crippen molar-refractivity contribution in [2.24, 2.45) is 0 Å². The molecule has 1 heterocycles. The number of halogens is 1. The fourth-order valence-electron chi connectivity index (χ4n) is 0.943. The summed E-state index contributed by atoms with van der Waals surface area (Å²) in [7, 11) is 0. The van der Waals surface area contributed by atoms with E-state index in [1.54, 1.807) is 12.3 Å². The lowest BCUT2D eigenvalue weighted by Gasteiger charge is -2.06. The molecule has 0 aromatic carbocycles. The molecule has 0 aliphatic heterocycles. The highest BCUT2D eigenvalue weighted by Gasteiger charge is 2.02. The van der Waals surface area contributed by atoms with Gasteiger partial charge in [0.2, 0.25) is 5.88 Å². The van der Waals surface area contributed by atoms with Gasteiger partial charge in [-0.25, -0.2) is 4.98 Å². The van der Waals surface area contributed by atoms with Gasteiger partial charge in [0.1, 0.15) is 0 Å². The molecule has 3 nitrogen and oxygen atoms in total. The highest BCUT2D eigenvalue weighted by molar-refractivity contribution is 9.10. The van der Waals surface area contributed by atoms with E-state index in [0.717, 1.165) is 17.3 Å². The molecule has 14 heavy (non-hydrogen) atoms. The van der Waals surface area contributed by atoms with E-state index in [1.807, 2.05) is 6.08 Å². The number of pyridine rings is 1. The van der Waals surface area contributed by atoms with Gasteiger partial charge in [0.05, 0.1) is 23.0 Å². The zero-order chi connectivity index (χ0) is 10.4. The highest BCUT2D eigenvalue weighted by Crippen LogP contribution is 2.23. The third kappa shape index (κ3) is 3.38. The van der Waals surface area contributed by atoms with Crippen molar-refractivity contribution in [3.63, 3.8) is 0 Å². The van der Waals surface area contributed by atoms with E-state index in [-0.39, 0.29) is 0 Å². The average molecular weight is 257 g/mol. The lowest BCUT2D eigenvalue weighted by molar-refractivity contribution is 0.298. The third-order valence-electron chi connectivity index (χ3n) is 1.62. The number of rotatable bonds is 5. The van der Waals surface area contributed by atoms with Crippen LogP contribution in [0.1, 0.15) is 12.8 Å². The van der Waals surface area contributed by atoms with Crippen LogP contribution in [0.3, 0.4) is 0 Å². The number of hydrogen-bond acceptors (Lipinski definition) is 3. The minimum Gasteiger partial charge on any atom is -0.477 e. The second-order valence-electron chi connectivity index (χ2n) is 2.83. The number of nitrogens with zero attached hydrogens (tertiary/aromatic N) is 1. The number of nitrogens with two attached hydrogens (primary N) is 1. The number of aromatic nitrogens is 1. The summed E-state index contributed by atoms with van der Waals surface area (Å²) in [5.41, 5.74) is 6.16. The lowest BCUT2D eigenvalue weighted by Crippen LogP contribution is -2.00. The summed E-state index contributed by atoms with van der Waals surface area (Å²) in [6, 6.07) is 1.77. The zero-order valence-electron chi connectivity index (χ0n) is 7.87. The molecular weight excluding hydrogens is 244 g/mol. The first kappa shape index (κ1) is 11.0. The minimum atomic E-state index is 0.586. The van der Waals surface area contributed by atoms with Gasteiger partial charge in [-0.2, -0.15) is 0 Å². The standard InChI is InChI=1S/C10H13BrN2O/c1-2-3-4-5-14-10-9(11)6-8(12)7-13-10/h2,6-7H,1,3-5,12H2. The highest BCUT2D eigenvalue weighted by atomic mass is 79.9. The number of hydrogen-bond donors (Lipinski definition) is 1. The maximum Gasteiger partial charge on any atom is 0.228 e. The molecule has 0 fully saturated rings. The van der Waals surface area contributed by atoms with E-state index in [0.29, 0.717) is 18.2 Å². The molecule has 1 rings (SSSR count). The quantitative estimate of drug-likeness (QED) is 0.651. The van der Waals surface area contributed by atoms with E-state index in [9.17, 15) is 0 Å². The van der Waals surface area contributed by atoms with E-state index >= 15 is 0 Å². The molecule has 0 unspecified atom stereocenters. The third-order valence-corrected chi connectivity index (χ3v) is 2.19. The predicted octanol–water partition coefficient (Wildman–Crippen LogP) is 2.77. The Morgan fingerprint density at radius 1 is 1.64 bits per heavy atom. The van der Waals surface area contributed by atoms with Crippen LogP contribution >= 0.6 is 15.9 Å². The Labute approximate surface area is 92.1 Å². The summed E-state index contributed by atoms with van der Waals surface area (Å²) < 4.78 is 6.22.